The second kappa shape index (κ2) is 4.69. The smallest absolute Gasteiger partial charge is 0.251 e. The molecule has 1 aromatic rings. The van der Waals surface area contributed by atoms with Crippen LogP contribution in [0.25, 0.3) is 0 Å². The van der Waals surface area contributed by atoms with Gasteiger partial charge in [0.15, 0.2) is 0 Å². The lowest BCUT2D eigenvalue weighted by Crippen LogP contribution is -2.50. The molecule has 1 fully saturated rings. The third-order valence-corrected chi connectivity index (χ3v) is 3.64. The molecule has 1 aliphatic rings. The fourth-order valence-corrected chi connectivity index (χ4v) is 2.06. The monoisotopic (exact) mass is 251 g/mol. The van der Waals surface area contributed by atoms with Crippen LogP contribution in [0.5, 0.6) is 0 Å². The molecule has 1 unspecified atom stereocenters. The van der Waals surface area contributed by atoms with Gasteiger partial charge in [0, 0.05) is 5.56 Å². The van der Waals surface area contributed by atoms with Crippen LogP contribution in [0.2, 0.25) is 0 Å². The summed E-state index contributed by atoms with van der Waals surface area (Å²) in [6, 6.07) is 4.41. The van der Waals surface area contributed by atoms with E-state index in [-0.39, 0.29) is 18.3 Å². The van der Waals surface area contributed by atoms with Gasteiger partial charge in [0.2, 0.25) is 0 Å². The predicted octanol–water partition coefficient (Wildman–Crippen LogP) is 2.02. The first-order valence-corrected chi connectivity index (χ1v) is 6.16. The van der Waals surface area contributed by atoms with Crippen LogP contribution in [0, 0.1) is 18.7 Å². The number of aliphatic hydroxyl groups is 1. The average molecular weight is 251 g/mol. The van der Waals surface area contributed by atoms with E-state index in [4.69, 9.17) is 0 Å². The summed E-state index contributed by atoms with van der Waals surface area (Å²) in [7, 11) is 0. The molecule has 1 aliphatic carbocycles. The minimum absolute atomic E-state index is 0.0995. The van der Waals surface area contributed by atoms with E-state index in [1.807, 2.05) is 6.92 Å². The molecule has 2 N–H and O–H groups in total. The molecule has 0 spiro atoms. The highest BCUT2D eigenvalue weighted by Crippen LogP contribution is 2.39. The number of carbonyl (C=O) groups is 1. The number of halogens is 1. The zero-order chi connectivity index (χ0) is 13.3. The summed E-state index contributed by atoms with van der Waals surface area (Å²) in [5.41, 5.74) is 0.204. The largest absolute Gasteiger partial charge is 0.394 e. The minimum atomic E-state index is -0.599. The van der Waals surface area contributed by atoms with Crippen molar-refractivity contribution in [3.05, 3.63) is 35.1 Å². The van der Waals surface area contributed by atoms with Crippen molar-refractivity contribution in [3.63, 3.8) is 0 Å². The molecule has 98 valence electrons. The Morgan fingerprint density at radius 1 is 1.56 bits per heavy atom. The van der Waals surface area contributed by atoms with Crippen molar-refractivity contribution in [3.8, 4) is 0 Å². The molecule has 1 atom stereocenters. The number of hydrogen-bond acceptors (Lipinski definition) is 2. The van der Waals surface area contributed by atoms with Crippen LogP contribution in [0.3, 0.4) is 0 Å². The van der Waals surface area contributed by atoms with Crippen molar-refractivity contribution < 1.29 is 14.3 Å². The molecule has 0 aromatic heterocycles. The molecule has 4 heteroatoms. The van der Waals surface area contributed by atoms with E-state index in [0.717, 1.165) is 12.8 Å². The number of aryl methyl sites for hydroxylation is 1. The Bertz CT molecular complexity index is 471. The number of benzene rings is 1. The van der Waals surface area contributed by atoms with Gasteiger partial charge >= 0.3 is 0 Å². The number of rotatable bonds is 4. The fourth-order valence-electron chi connectivity index (χ4n) is 2.06. The highest BCUT2D eigenvalue weighted by Gasteiger charge is 2.42. The molecule has 1 saturated carbocycles. The van der Waals surface area contributed by atoms with Gasteiger partial charge in [0.25, 0.3) is 5.91 Å². The van der Waals surface area contributed by atoms with Crippen LogP contribution < -0.4 is 5.32 Å². The minimum Gasteiger partial charge on any atom is -0.394 e. The Hall–Kier alpha value is -1.42. The van der Waals surface area contributed by atoms with E-state index < -0.39 is 5.54 Å². The SMILES string of the molecule is Cc1ccc(C(=O)NC(C)(CO)C2CC2)cc1F. The van der Waals surface area contributed by atoms with E-state index in [1.54, 1.807) is 19.1 Å². The van der Waals surface area contributed by atoms with E-state index in [0.29, 0.717) is 17.0 Å². The molecule has 0 saturated heterocycles. The molecule has 18 heavy (non-hydrogen) atoms. The summed E-state index contributed by atoms with van der Waals surface area (Å²) < 4.78 is 13.4. The van der Waals surface area contributed by atoms with Gasteiger partial charge < -0.3 is 10.4 Å². The normalized spacial score (nSPS) is 18.2. The van der Waals surface area contributed by atoms with E-state index in [9.17, 15) is 14.3 Å². The van der Waals surface area contributed by atoms with Crippen LogP contribution in [-0.4, -0.2) is 23.2 Å². The zero-order valence-corrected chi connectivity index (χ0v) is 10.7. The van der Waals surface area contributed by atoms with Gasteiger partial charge in [-0.25, -0.2) is 4.39 Å². The first kappa shape index (κ1) is 13.0. The molecular formula is C14H18FNO2. The lowest BCUT2D eigenvalue weighted by Gasteiger charge is -2.28. The summed E-state index contributed by atoms with van der Waals surface area (Å²) in [4.78, 5) is 12.0. The topological polar surface area (TPSA) is 49.3 Å². The van der Waals surface area contributed by atoms with Gasteiger partial charge in [-0.2, -0.15) is 0 Å². The van der Waals surface area contributed by atoms with Gasteiger partial charge in [0.1, 0.15) is 5.82 Å². The molecular weight excluding hydrogens is 233 g/mol. The van der Waals surface area contributed by atoms with Crippen molar-refractivity contribution in [2.45, 2.75) is 32.2 Å². The average Bonchev–Trinajstić information content (AvgIpc) is 3.16. The third kappa shape index (κ3) is 2.53. The highest BCUT2D eigenvalue weighted by atomic mass is 19.1. The van der Waals surface area contributed by atoms with Crippen LogP contribution >= 0.6 is 0 Å². The number of hydrogen-bond donors (Lipinski definition) is 2. The molecule has 3 nitrogen and oxygen atoms in total. The van der Waals surface area contributed by atoms with Gasteiger partial charge in [-0.05, 0) is 50.3 Å². The third-order valence-electron chi connectivity index (χ3n) is 3.64. The Morgan fingerprint density at radius 3 is 2.72 bits per heavy atom. The maximum Gasteiger partial charge on any atom is 0.251 e. The second-order valence-electron chi connectivity index (χ2n) is 5.27. The molecule has 0 radical (unpaired) electrons. The Kier molecular flexibility index (Phi) is 3.39. The molecule has 0 heterocycles. The first-order chi connectivity index (χ1) is 8.46. The lowest BCUT2D eigenvalue weighted by molar-refractivity contribution is 0.0824. The van der Waals surface area contributed by atoms with Crippen LogP contribution in [-0.2, 0) is 0 Å². The number of aliphatic hydroxyl groups excluding tert-OH is 1. The summed E-state index contributed by atoms with van der Waals surface area (Å²) in [5, 5.41) is 12.2. The summed E-state index contributed by atoms with van der Waals surface area (Å²) in [6.45, 7) is 3.38. The van der Waals surface area contributed by atoms with Crippen molar-refractivity contribution >= 4 is 5.91 Å². The number of amides is 1. The van der Waals surface area contributed by atoms with Crippen LogP contribution in [0.1, 0.15) is 35.7 Å². The summed E-state index contributed by atoms with van der Waals surface area (Å²) >= 11 is 0. The first-order valence-electron chi connectivity index (χ1n) is 6.16. The second-order valence-corrected chi connectivity index (χ2v) is 5.27. The zero-order valence-electron chi connectivity index (χ0n) is 10.7. The van der Waals surface area contributed by atoms with E-state index in [2.05, 4.69) is 5.32 Å². The lowest BCUT2D eigenvalue weighted by atomic mass is 9.96. The van der Waals surface area contributed by atoms with Gasteiger partial charge in [-0.15, -0.1) is 0 Å². The highest BCUT2D eigenvalue weighted by molar-refractivity contribution is 5.94. The maximum atomic E-state index is 13.4. The van der Waals surface area contributed by atoms with Crippen molar-refractivity contribution in [2.24, 2.45) is 5.92 Å². The van der Waals surface area contributed by atoms with Crippen LogP contribution in [0.15, 0.2) is 18.2 Å². The fraction of sp³-hybridized carbons (Fsp3) is 0.500. The molecule has 0 aliphatic heterocycles. The summed E-state index contributed by atoms with van der Waals surface area (Å²) in [5.74, 6) is -0.404. The van der Waals surface area contributed by atoms with Gasteiger partial charge in [-0.3, -0.25) is 4.79 Å². The van der Waals surface area contributed by atoms with Gasteiger partial charge in [0.05, 0.1) is 12.1 Å². The number of nitrogens with one attached hydrogen (secondary N) is 1. The van der Waals surface area contributed by atoms with Crippen LogP contribution in [0.4, 0.5) is 4.39 Å². The predicted molar refractivity (Wildman–Crippen MR) is 66.8 cm³/mol. The van der Waals surface area contributed by atoms with Crippen molar-refractivity contribution in [2.75, 3.05) is 6.61 Å². The summed E-state index contributed by atoms with van der Waals surface area (Å²) in [6.07, 6.45) is 2.03. The molecule has 2 rings (SSSR count). The standard InChI is InChI=1S/C14H18FNO2/c1-9-3-4-10(7-12(9)15)13(18)16-14(2,8-17)11-5-6-11/h3-4,7,11,17H,5-6,8H2,1-2H3,(H,16,18). The van der Waals surface area contributed by atoms with Gasteiger partial charge in [-0.1, -0.05) is 6.07 Å². The Balaban J connectivity index is 2.13. The Labute approximate surface area is 106 Å². The quantitative estimate of drug-likeness (QED) is 0.860. The van der Waals surface area contributed by atoms with E-state index >= 15 is 0 Å². The van der Waals surface area contributed by atoms with E-state index in [1.165, 1.54) is 6.07 Å². The molecule has 1 amide bonds. The number of carbonyl (C=O) groups excluding carboxylic acids is 1. The maximum absolute atomic E-state index is 13.4. The molecule has 1 aromatic carbocycles. The van der Waals surface area contributed by atoms with Crippen molar-refractivity contribution in [1.29, 1.82) is 0 Å². The molecule has 0 bridgehead atoms. The Morgan fingerprint density at radius 2 is 2.22 bits per heavy atom. The van der Waals surface area contributed by atoms with Crippen molar-refractivity contribution in [1.82, 2.24) is 5.32 Å².